The van der Waals surface area contributed by atoms with Gasteiger partial charge in [0.15, 0.2) is 11.5 Å². The summed E-state index contributed by atoms with van der Waals surface area (Å²) in [6.45, 7) is -2.34. The summed E-state index contributed by atoms with van der Waals surface area (Å²) in [6, 6.07) is 24.1. The van der Waals surface area contributed by atoms with Gasteiger partial charge in [0.05, 0.1) is 19.7 Å². The molecule has 168 valence electrons. The first kappa shape index (κ1) is 23.2. The van der Waals surface area contributed by atoms with Gasteiger partial charge in [0.25, 0.3) is 0 Å². The van der Waals surface area contributed by atoms with E-state index in [-0.39, 0.29) is 30.0 Å². The van der Waals surface area contributed by atoms with Crippen LogP contribution in [0, 0.1) is 0 Å². The van der Waals surface area contributed by atoms with E-state index in [9.17, 15) is 13.6 Å². The van der Waals surface area contributed by atoms with Gasteiger partial charge in [-0.2, -0.15) is 8.78 Å². The van der Waals surface area contributed by atoms with Crippen molar-refractivity contribution in [1.29, 1.82) is 0 Å². The predicted octanol–water partition coefficient (Wildman–Crippen LogP) is 4.63. The normalized spacial score (nSPS) is 11.1. The highest BCUT2D eigenvalue weighted by Crippen LogP contribution is 2.30. The molecule has 3 aromatic carbocycles. The average Bonchev–Trinajstić information content (AvgIpc) is 2.79. The number of likely N-dealkylation sites (N-methyl/N-ethyl adjacent to an activating group) is 1. The van der Waals surface area contributed by atoms with Crippen molar-refractivity contribution in [3.8, 4) is 11.5 Å². The minimum absolute atomic E-state index is 0.0276. The molecule has 0 atom stereocenters. The fraction of sp³-hybridized carbons (Fsp3) is 0.240. The molecule has 3 rings (SSSR count). The number of benzene rings is 3. The third kappa shape index (κ3) is 6.52. The molecular weight excluding hydrogens is 414 g/mol. The molecule has 0 aliphatic heterocycles. The summed E-state index contributed by atoms with van der Waals surface area (Å²) in [7, 11) is 3.21. The Morgan fingerprint density at radius 2 is 1.53 bits per heavy atom. The zero-order valence-corrected chi connectivity index (χ0v) is 18.0. The van der Waals surface area contributed by atoms with Crippen molar-refractivity contribution in [2.45, 2.75) is 19.2 Å². The molecule has 32 heavy (non-hydrogen) atoms. The molecule has 0 spiro atoms. The predicted molar refractivity (Wildman–Crippen MR) is 119 cm³/mol. The lowest BCUT2D eigenvalue weighted by Gasteiger charge is -2.22. The number of alkyl halides is 2. The molecule has 1 amide bonds. The molecule has 1 N–H and O–H groups in total. The highest BCUT2D eigenvalue weighted by atomic mass is 19.3. The van der Waals surface area contributed by atoms with Crippen LogP contribution >= 0.6 is 0 Å². The van der Waals surface area contributed by atoms with Crippen molar-refractivity contribution >= 4 is 5.91 Å². The van der Waals surface area contributed by atoms with Crippen LogP contribution in [0.5, 0.6) is 11.5 Å². The number of hydrogen-bond acceptors (Lipinski definition) is 4. The van der Waals surface area contributed by atoms with E-state index >= 15 is 0 Å². The number of nitrogens with one attached hydrogen (secondary N) is 1. The molecule has 0 aromatic heterocycles. The van der Waals surface area contributed by atoms with Crippen LogP contribution < -0.4 is 14.8 Å². The number of halogens is 2. The van der Waals surface area contributed by atoms with Gasteiger partial charge in [0.2, 0.25) is 5.91 Å². The van der Waals surface area contributed by atoms with E-state index in [4.69, 9.17) is 4.74 Å². The third-order valence-electron chi connectivity index (χ3n) is 4.88. The Balaban J connectivity index is 1.65. The monoisotopic (exact) mass is 440 g/mol. The Bertz CT molecular complexity index is 961. The Hall–Kier alpha value is -3.45. The van der Waals surface area contributed by atoms with Gasteiger partial charge in [-0.3, -0.25) is 9.69 Å². The van der Waals surface area contributed by atoms with Crippen LogP contribution in [0.4, 0.5) is 8.78 Å². The van der Waals surface area contributed by atoms with Crippen LogP contribution in [0.15, 0.2) is 78.9 Å². The maximum atomic E-state index is 12.8. The maximum absolute atomic E-state index is 12.8. The van der Waals surface area contributed by atoms with E-state index in [2.05, 4.69) is 10.1 Å². The highest BCUT2D eigenvalue weighted by molar-refractivity contribution is 5.79. The first-order chi connectivity index (χ1) is 15.5. The second-order valence-corrected chi connectivity index (χ2v) is 7.36. The number of methoxy groups -OCH3 is 1. The molecular formula is C25H26F2N2O3. The molecule has 0 bridgehead atoms. The van der Waals surface area contributed by atoms with Gasteiger partial charge >= 0.3 is 6.61 Å². The molecule has 0 aliphatic rings. The van der Waals surface area contributed by atoms with E-state index in [0.717, 1.165) is 16.7 Å². The summed E-state index contributed by atoms with van der Waals surface area (Å²) in [5.74, 6) is 0.0592. The lowest BCUT2D eigenvalue weighted by molar-refractivity contribution is -0.122. The topological polar surface area (TPSA) is 50.8 Å². The number of rotatable bonds is 10. The van der Waals surface area contributed by atoms with Crippen LogP contribution in [0.1, 0.15) is 22.7 Å². The van der Waals surface area contributed by atoms with Gasteiger partial charge in [-0.05, 0) is 35.9 Å². The molecule has 0 heterocycles. The molecule has 0 aliphatic carbocycles. The Morgan fingerprint density at radius 1 is 0.938 bits per heavy atom. The van der Waals surface area contributed by atoms with E-state index in [1.807, 2.05) is 72.6 Å². The second kappa shape index (κ2) is 11.2. The number of carbonyl (C=O) groups is 1. The molecule has 7 heteroatoms. The Labute approximate surface area is 186 Å². The molecule has 3 aromatic rings. The summed E-state index contributed by atoms with van der Waals surface area (Å²) in [6.07, 6.45) is 0. The van der Waals surface area contributed by atoms with Crippen LogP contribution in [0.2, 0.25) is 0 Å². The summed E-state index contributed by atoms with van der Waals surface area (Å²) in [4.78, 5) is 14.7. The second-order valence-electron chi connectivity index (χ2n) is 7.36. The Morgan fingerprint density at radius 3 is 2.06 bits per heavy atom. The van der Waals surface area contributed by atoms with E-state index in [1.54, 1.807) is 12.1 Å². The van der Waals surface area contributed by atoms with Crippen LogP contribution in [0.3, 0.4) is 0 Å². The fourth-order valence-electron chi connectivity index (χ4n) is 3.47. The third-order valence-corrected chi connectivity index (χ3v) is 4.88. The largest absolute Gasteiger partial charge is 0.493 e. The lowest BCUT2D eigenvalue weighted by Crippen LogP contribution is -2.37. The van der Waals surface area contributed by atoms with Gasteiger partial charge < -0.3 is 14.8 Å². The first-order valence-corrected chi connectivity index (χ1v) is 10.2. The summed E-state index contributed by atoms with van der Waals surface area (Å²) in [5, 5.41) is 3.11. The molecule has 5 nitrogen and oxygen atoms in total. The van der Waals surface area contributed by atoms with Crippen molar-refractivity contribution in [1.82, 2.24) is 10.2 Å². The number of amides is 1. The summed E-state index contributed by atoms with van der Waals surface area (Å²) in [5.41, 5.74) is 2.80. The van der Waals surface area contributed by atoms with Crippen molar-refractivity contribution in [2.75, 3.05) is 20.7 Å². The van der Waals surface area contributed by atoms with Crippen molar-refractivity contribution in [3.05, 3.63) is 95.6 Å². The fourth-order valence-corrected chi connectivity index (χ4v) is 3.47. The smallest absolute Gasteiger partial charge is 0.387 e. The van der Waals surface area contributed by atoms with Gasteiger partial charge in [0, 0.05) is 6.54 Å². The van der Waals surface area contributed by atoms with E-state index < -0.39 is 6.61 Å². The minimum Gasteiger partial charge on any atom is -0.493 e. The number of carbonyl (C=O) groups excluding carboxylic acids is 1. The van der Waals surface area contributed by atoms with Gasteiger partial charge in [-0.15, -0.1) is 0 Å². The van der Waals surface area contributed by atoms with Crippen molar-refractivity contribution in [2.24, 2.45) is 0 Å². The summed E-state index contributed by atoms with van der Waals surface area (Å²) < 4.78 is 34.6. The van der Waals surface area contributed by atoms with Gasteiger partial charge in [-0.1, -0.05) is 66.7 Å². The van der Waals surface area contributed by atoms with Crippen molar-refractivity contribution in [3.63, 3.8) is 0 Å². The van der Waals surface area contributed by atoms with Crippen LogP contribution in [0.25, 0.3) is 0 Å². The molecule has 0 unspecified atom stereocenters. The average molecular weight is 440 g/mol. The lowest BCUT2D eigenvalue weighted by atomic mass is 9.99. The molecule has 0 fully saturated rings. The molecule has 0 saturated heterocycles. The zero-order chi connectivity index (χ0) is 22.9. The zero-order valence-electron chi connectivity index (χ0n) is 18.0. The quantitative estimate of drug-likeness (QED) is 0.499. The highest BCUT2D eigenvalue weighted by Gasteiger charge is 2.18. The van der Waals surface area contributed by atoms with Crippen LogP contribution in [-0.2, 0) is 11.3 Å². The number of ether oxygens (including phenoxy) is 2. The summed E-state index contributed by atoms with van der Waals surface area (Å²) >= 11 is 0. The SMILES string of the molecule is COc1cc(CN(C)CC(=O)NC(c2ccccc2)c2ccccc2)ccc1OC(F)F. The van der Waals surface area contributed by atoms with Gasteiger partial charge in [-0.25, -0.2) is 0 Å². The number of nitrogens with zero attached hydrogens (tertiary/aromatic N) is 1. The first-order valence-electron chi connectivity index (χ1n) is 10.2. The van der Waals surface area contributed by atoms with Crippen LogP contribution in [-0.4, -0.2) is 38.1 Å². The van der Waals surface area contributed by atoms with E-state index in [1.165, 1.54) is 13.2 Å². The molecule has 0 saturated carbocycles. The van der Waals surface area contributed by atoms with Crippen molar-refractivity contribution < 1.29 is 23.0 Å². The molecule has 0 radical (unpaired) electrons. The number of hydrogen-bond donors (Lipinski definition) is 1. The Kier molecular flexibility index (Phi) is 8.16. The van der Waals surface area contributed by atoms with E-state index in [0.29, 0.717) is 6.54 Å². The standard InChI is InChI=1S/C25H26F2N2O3/c1-29(16-18-13-14-21(32-25(26)27)22(15-18)31-2)17-23(30)28-24(19-9-5-3-6-10-19)20-11-7-4-8-12-20/h3-15,24-25H,16-17H2,1-2H3,(H,28,30). The maximum Gasteiger partial charge on any atom is 0.387 e. The minimum atomic E-state index is -2.93. The van der Waals surface area contributed by atoms with Gasteiger partial charge in [0.1, 0.15) is 0 Å².